The van der Waals surface area contributed by atoms with Gasteiger partial charge in [-0.15, -0.1) is 0 Å². The van der Waals surface area contributed by atoms with E-state index < -0.39 is 26.3 Å². The summed E-state index contributed by atoms with van der Waals surface area (Å²) in [7, 11) is -4.43. The molecule has 2 aliphatic rings. The van der Waals surface area contributed by atoms with Crippen molar-refractivity contribution in [3.63, 3.8) is 0 Å². The summed E-state index contributed by atoms with van der Waals surface area (Å²) in [4.78, 5) is 12.8. The third kappa shape index (κ3) is 2.43. The molecule has 132 valence electrons. The molecule has 4 atom stereocenters. The average Bonchev–Trinajstić information content (AvgIpc) is 2.87. The molecule has 1 aromatic carbocycles. The molecule has 0 heterocycles. The van der Waals surface area contributed by atoms with Crippen molar-refractivity contribution < 1.29 is 17.8 Å². The van der Waals surface area contributed by atoms with Gasteiger partial charge in [-0.05, 0) is 36.7 Å². The van der Waals surface area contributed by atoms with E-state index in [2.05, 4.69) is 5.32 Å². The number of rotatable bonds is 5. The number of fused-ring (bicyclic) bond motifs is 2. The van der Waals surface area contributed by atoms with Gasteiger partial charge in [-0.1, -0.05) is 44.2 Å². The molecule has 0 saturated heterocycles. The normalized spacial score (nSPS) is 31.2. The molecule has 2 N–H and O–H groups in total. The maximum Gasteiger partial charge on any atom is 0.282 e. The van der Waals surface area contributed by atoms with Crippen LogP contribution in [0.3, 0.4) is 0 Å². The molecule has 0 amide bonds. The van der Waals surface area contributed by atoms with Crippen molar-refractivity contribution in [2.75, 3.05) is 0 Å². The van der Waals surface area contributed by atoms with Gasteiger partial charge in [0.1, 0.15) is 11.2 Å². The molecule has 1 aromatic rings. The van der Waals surface area contributed by atoms with Crippen LogP contribution in [0.1, 0.15) is 51.6 Å². The molecule has 3 rings (SSSR count). The minimum atomic E-state index is -4.43. The average molecular weight is 351 g/mol. The zero-order valence-corrected chi connectivity index (χ0v) is 15.1. The van der Waals surface area contributed by atoms with Crippen LogP contribution in [-0.2, 0) is 14.9 Å². The number of ketones is 1. The zero-order chi connectivity index (χ0) is 17.8. The Balaban J connectivity index is 2.01. The molecule has 4 unspecified atom stereocenters. The van der Waals surface area contributed by atoms with E-state index in [4.69, 9.17) is 0 Å². The molecular weight excluding hydrogens is 326 g/mol. The van der Waals surface area contributed by atoms with Crippen LogP contribution in [0.2, 0.25) is 0 Å². The van der Waals surface area contributed by atoms with Gasteiger partial charge in [0.15, 0.2) is 0 Å². The second-order valence-electron chi connectivity index (χ2n) is 7.75. The lowest BCUT2D eigenvalue weighted by Gasteiger charge is -2.42. The molecule has 0 spiro atoms. The Kier molecular flexibility index (Phi) is 4.13. The lowest BCUT2D eigenvalue weighted by molar-refractivity contribution is -0.130. The Bertz CT molecular complexity index is 744. The van der Waals surface area contributed by atoms with Gasteiger partial charge in [0.25, 0.3) is 10.1 Å². The van der Waals surface area contributed by atoms with Crippen molar-refractivity contribution in [3.8, 4) is 0 Å². The molecule has 0 radical (unpaired) electrons. The Morgan fingerprint density at radius 2 is 1.88 bits per heavy atom. The van der Waals surface area contributed by atoms with E-state index >= 15 is 0 Å². The Labute approximate surface area is 143 Å². The van der Waals surface area contributed by atoms with Gasteiger partial charge in [0.2, 0.25) is 0 Å². The first-order valence-electron chi connectivity index (χ1n) is 8.41. The topological polar surface area (TPSA) is 83.5 Å². The van der Waals surface area contributed by atoms with E-state index in [9.17, 15) is 17.8 Å². The first-order chi connectivity index (χ1) is 11.1. The second kappa shape index (κ2) is 5.64. The maximum absolute atomic E-state index is 12.8. The quantitative estimate of drug-likeness (QED) is 0.797. The van der Waals surface area contributed by atoms with E-state index in [0.29, 0.717) is 12.8 Å². The van der Waals surface area contributed by atoms with Crippen LogP contribution in [0.25, 0.3) is 0 Å². The molecule has 0 aromatic heterocycles. The molecule has 24 heavy (non-hydrogen) atoms. The van der Waals surface area contributed by atoms with Gasteiger partial charge in [0.05, 0.1) is 5.41 Å². The highest BCUT2D eigenvalue weighted by Crippen LogP contribution is 2.66. The fraction of sp³-hybridized carbons (Fsp3) is 0.611. The second-order valence-corrected chi connectivity index (χ2v) is 9.25. The minimum Gasteiger partial charge on any atom is -0.299 e. The summed E-state index contributed by atoms with van der Waals surface area (Å²) in [5.41, 5.74) is -0.595. The molecule has 2 fully saturated rings. The molecule has 5 nitrogen and oxygen atoms in total. The van der Waals surface area contributed by atoms with Crippen molar-refractivity contribution >= 4 is 15.9 Å². The summed E-state index contributed by atoms with van der Waals surface area (Å²) in [6, 6.07) is 9.15. The fourth-order valence-electron chi connectivity index (χ4n) is 4.87. The van der Waals surface area contributed by atoms with E-state index in [-0.39, 0.29) is 17.7 Å². The van der Waals surface area contributed by atoms with Crippen LogP contribution >= 0.6 is 0 Å². The smallest absolute Gasteiger partial charge is 0.282 e. The van der Waals surface area contributed by atoms with Crippen LogP contribution < -0.4 is 5.32 Å². The van der Waals surface area contributed by atoms with E-state index in [0.717, 1.165) is 12.0 Å². The molecule has 6 heteroatoms. The molecule has 2 saturated carbocycles. The van der Waals surface area contributed by atoms with E-state index in [1.807, 2.05) is 51.1 Å². The summed E-state index contributed by atoms with van der Waals surface area (Å²) in [6.45, 7) is 5.77. The monoisotopic (exact) mass is 351 g/mol. The van der Waals surface area contributed by atoms with Crippen molar-refractivity contribution in [2.45, 2.75) is 51.4 Å². The highest BCUT2D eigenvalue weighted by Gasteiger charge is 2.69. The molecule has 2 aliphatic carbocycles. The highest BCUT2D eigenvalue weighted by atomic mass is 32.2. The Morgan fingerprint density at radius 3 is 2.33 bits per heavy atom. The van der Waals surface area contributed by atoms with Gasteiger partial charge in [-0.3, -0.25) is 14.7 Å². The van der Waals surface area contributed by atoms with E-state index in [1.165, 1.54) is 0 Å². The van der Waals surface area contributed by atoms with Gasteiger partial charge in [0, 0.05) is 12.5 Å². The van der Waals surface area contributed by atoms with Crippen LogP contribution in [0, 0.1) is 16.7 Å². The zero-order valence-electron chi connectivity index (χ0n) is 14.3. The van der Waals surface area contributed by atoms with Crippen LogP contribution in [0.15, 0.2) is 30.3 Å². The summed E-state index contributed by atoms with van der Waals surface area (Å²) < 4.78 is 34.4. The third-order valence-electron chi connectivity index (χ3n) is 6.43. The van der Waals surface area contributed by atoms with Crippen LogP contribution in [0.5, 0.6) is 0 Å². The predicted molar refractivity (Wildman–Crippen MR) is 91.9 cm³/mol. The summed E-state index contributed by atoms with van der Waals surface area (Å²) >= 11 is 0. The first kappa shape index (κ1) is 17.6. The SMILES string of the molecule is CC(NC(C12CCC(CC1=O)C2(C)C)S(=O)(=O)O)c1ccccc1. The third-order valence-corrected chi connectivity index (χ3v) is 7.57. The Morgan fingerprint density at radius 1 is 1.25 bits per heavy atom. The predicted octanol–water partition coefficient (Wildman–Crippen LogP) is 2.95. The van der Waals surface area contributed by atoms with Gasteiger partial charge < -0.3 is 0 Å². The largest absolute Gasteiger partial charge is 0.299 e. The molecule has 2 bridgehead atoms. The first-order valence-corrected chi connectivity index (χ1v) is 9.91. The fourth-order valence-corrected chi connectivity index (χ4v) is 6.31. The lowest BCUT2D eigenvalue weighted by atomic mass is 9.68. The van der Waals surface area contributed by atoms with E-state index in [1.54, 1.807) is 0 Å². The minimum absolute atomic E-state index is 0.0425. The number of carbonyl (C=O) groups is 1. The number of benzene rings is 1. The number of carbonyl (C=O) groups excluding carboxylic acids is 1. The van der Waals surface area contributed by atoms with Crippen molar-refractivity contribution in [2.24, 2.45) is 16.7 Å². The summed E-state index contributed by atoms with van der Waals surface area (Å²) in [5, 5.41) is 1.78. The summed E-state index contributed by atoms with van der Waals surface area (Å²) in [6.07, 6.45) is 1.73. The number of nitrogens with one attached hydrogen (secondary N) is 1. The molecular formula is C18H25NO4S. The van der Waals surface area contributed by atoms with Crippen molar-refractivity contribution in [1.82, 2.24) is 5.32 Å². The lowest BCUT2D eigenvalue weighted by Crippen LogP contribution is -2.57. The van der Waals surface area contributed by atoms with Crippen molar-refractivity contribution in [1.29, 1.82) is 0 Å². The highest BCUT2D eigenvalue weighted by molar-refractivity contribution is 7.86. The van der Waals surface area contributed by atoms with Gasteiger partial charge in [-0.2, -0.15) is 8.42 Å². The van der Waals surface area contributed by atoms with Gasteiger partial charge >= 0.3 is 0 Å². The Hall–Kier alpha value is -1.24. The summed E-state index contributed by atoms with van der Waals surface area (Å²) in [5.74, 6) is 0.141. The van der Waals surface area contributed by atoms with Crippen molar-refractivity contribution in [3.05, 3.63) is 35.9 Å². The number of hydrogen-bond acceptors (Lipinski definition) is 4. The van der Waals surface area contributed by atoms with Gasteiger partial charge in [-0.25, -0.2) is 0 Å². The van der Waals surface area contributed by atoms with Crippen LogP contribution in [-0.4, -0.2) is 24.1 Å². The number of Topliss-reactive ketones (excluding diaryl/α,β-unsaturated/α-hetero) is 1. The molecule has 0 aliphatic heterocycles. The number of hydrogen-bond donors (Lipinski definition) is 2. The maximum atomic E-state index is 12.8. The van der Waals surface area contributed by atoms with Crippen LogP contribution in [0.4, 0.5) is 0 Å². The standard InChI is InChI=1S/C18H25NO4S/c1-12(13-7-5-4-6-8-13)19-16(24(21,22)23)18-10-9-14(11-15(18)20)17(18,2)3/h4-8,12,14,16,19H,9-11H2,1-3H3,(H,21,22,23).